The molecule has 0 spiro atoms. The summed E-state index contributed by atoms with van der Waals surface area (Å²) >= 11 is 0. The third-order valence-electron chi connectivity index (χ3n) is 7.99. The summed E-state index contributed by atoms with van der Waals surface area (Å²) < 4.78 is 53.3. The Morgan fingerprint density at radius 1 is 1.07 bits per heavy atom. The van der Waals surface area contributed by atoms with Crippen LogP contribution in [0.2, 0.25) is 0 Å². The predicted molar refractivity (Wildman–Crippen MR) is 178 cm³/mol. The zero-order valence-corrected chi connectivity index (χ0v) is 27.4. The number of hydrogen-bond acceptors (Lipinski definition) is 8. The summed E-state index contributed by atoms with van der Waals surface area (Å²) in [6, 6.07) is 21.6. The van der Waals surface area contributed by atoms with Gasteiger partial charge in [-0.3, -0.25) is 9.52 Å². The molecule has 1 aromatic heterocycles. The number of carbonyl (C=O) groups is 1. The Hall–Kier alpha value is -4.04. The topological polar surface area (TPSA) is 159 Å². The number of rotatable bonds is 13. The molecule has 4 N–H and O–H groups in total. The van der Waals surface area contributed by atoms with Gasteiger partial charge in [0.25, 0.3) is 15.9 Å². The van der Waals surface area contributed by atoms with Crippen LogP contribution in [0.25, 0.3) is 11.3 Å². The van der Waals surface area contributed by atoms with Gasteiger partial charge in [0.05, 0.1) is 34.5 Å². The van der Waals surface area contributed by atoms with E-state index in [9.17, 15) is 26.7 Å². The Kier molecular flexibility index (Phi) is 9.96. The first-order valence-corrected chi connectivity index (χ1v) is 18.3. The Bertz CT molecular complexity index is 1870. The summed E-state index contributed by atoms with van der Waals surface area (Å²) in [6.07, 6.45) is 4.01. The van der Waals surface area contributed by atoms with Crippen LogP contribution in [0.1, 0.15) is 48.7 Å². The molecule has 0 aliphatic carbocycles. The van der Waals surface area contributed by atoms with Gasteiger partial charge in [-0.25, -0.2) is 21.8 Å². The third-order valence-corrected chi connectivity index (χ3v) is 11.2. The highest BCUT2D eigenvalue weighted by Gasteiger charge is 2.29. The first-order chi connectivity index (χ1) is 21.8. The molecule has 0 saturated carbocycles. The Balaban J connectivity index is 1.11. The molecule has 1 amide bonds. The minimum atomic E-state index is -3.74. The summed E-state index contributed by atoms with van der Waals surface area (Å²) in [5, 5.41) is 17.1. The maximum atomic E-state index is 12.7. The van der Waals surface area contributed by atoms with Crippen molar-refractivity contribution in [3.8, 4) is 11.3 Å². The zero-order valence-electron chi connectivity index (χ0n) is 25.8. The Morgan fingerprint density at radius 2 is 1.80 bits per heavy atom. The van der Waals surface area contributed by atoms with E-state index in [0.29, 0.717) is 29.8 Å². The van der Waals surface area contributed by atoms with Gasteiger partial charge in [-0.05, 0) is 68.7 Å². The van der Waals surface area contributed by atoms with Crippen LogP contribution in [0.15, 0.2) is 96.3 Å². The summed E-state index contributed by atoms with van der Waals surface area (Å²) in [5.74, 6) is -0.205. The van der Waals surface area contributed by atoms with Crippen LogP contribution < -0.4 is 15.4 Å². The van der Waals surface area contributed by atoms with E-state index >= 15 is 0 Å². The smallest absolute Gasteiger partial charge is 0.261 e. The summed E-state index contributed by atoms with van der Waals surface area (Å²) in [7, 11) is -6.81. The highest BCUT2D eigenvalue weighted by atomic mass is 32.2. The van der Waals surface area contributed by atoms with E-state index in [0.717, 1.165) is 17.7 Å². The molecule has 1 aliphatic heterocycles. The lowest BCUT2D eigenvalue weighted by Crippen LogP contribution is -2.42. The van der Waals surface area contributed by atoms with E-state index < -0.39 is 26.0 Å². The molecule has 2 heterocycles. The van der Waals surface area contributed by atoms with Gasteiger partial charge < -0.3 is 20.3 Å². The number of aryl methyl sites for hydroxylation is 1. The van der Waals surface area contributed by atoms with E-state index in [1.54, 1.807) is 60.9 Å². The highest BCUT2D eigenvalue weighted by molar-refractivity contribution is 7.92. The molecule has 2 atom stereocenters. The van der Waals surface area contributed by atoms with E-state index in [-0.39, 0.29) is 40.4 Å². The van der Waals surface area contributed by atoms with E-state index in [1.165, 1.54) is 12.1 Å². The Labute approximate surface area is 270 Å². The fraction of sp³-hybridized carbons (Fsp3) is 0.333. The fourth-order valence-electron chi connectivity index (χ4n) is 5.21. The fourth-order valence-corrected chi connectivity index (χ4v) is 7.96. The largest absolute Gasteiger partial charge is 0.387 e. The van der Waals surface area contributed by atoms with E-state index in [2.05, 4.69) is 20.3 Å². The number of sulfone groups is 1. The lowest BCUT2D eigenvalue weighted by molar-refractivity contribution is 0.0941. The lowest BCUT2D eigenvalue weighted by Gasteiger charge is -2.28. The van der Waals surface area contributed by atoms with Crippen molar-refractivity contribution in [2.24, 2.45) is 0 Å². The molecule has 1 aliphatic rings. The number of nitrogens with zero attached hydrogens (tertiary/aromatic N) is 2. The number of imidazole rings is 1. The SMILES string of the molecule is CC(C)(CCn1cnc(-c2ccc(C(=O)NC3CCS(=O)(=O)C3)cc2)c1)NC[C@H](O)c1cccc(NS(=O)(=O)c2ccccc2)c1. The maximum Gasteiger partial charge on any atom is 0.261 e. The molecule has 1 unspecified atom stereocenters. The van der Waals surface area contributed by atoms with Crippen molar-refractivity contribution in [2.75, 3.05) is 22.8 Å². The van der Waals surface area contributed by atoms with Gasteiger partial charge in [0.15, 0.2) is 9.84 Å². The van der Waals surface area contributed by atoms with Crippen molar-refractivity contribution < 1.29 is 26.7 Å². The minimum Gasteiger partial charge on any atom is -0.387 e. The molecule has 0 bridgehead atoms. The number of nitrogens with one attached hydrogen (secondary N) is 3. The molecule has 3 aromatic carbocycles. The summed E-state index contributed by atoms with van der Waals surface area (Å²) in [5.41, 5.74) is 2.71. The number of benzene rings is 3. The minimum absolute atomic E-state index is 0.0173. The standard InChI is InChI=1S/C33H39N5O6S2/c1-33(2,35-20-31(39)26-7-6-8-27(19-26)37-46(43,44)29-9-4-3-5-10-29)16-17-38-21-30(34-23-38)24-11-13-25(14-12-24)32(40)36-28-15-18-45(41,42)22-28/h3-14,19,21,23,28,31,35,37,39H,15-18,20,22H2,1-2H3,(H,36,40)/t28?,31-/m0/s1. The molecular formula is C33H39N5O6S2. The number of hydrogen-bond donors (Lipinski definition) is 4. The van der Waals surface area contributed by atoms with Crippen LogP contribution in [0, 0.1) is 0 Å². The van der Waals surface area contributed by atoms with Gasteiger partial charge in [0.1, 0.15) is 0 Å². The number of aliphatic hydroxyl groups excluding tert-OH is 1. The molecule has 46 heavy (non-hydrogen) atoms. The Morgan fingerprint density at radius 3 is 2.50 bits per heavy atom. The van der Waals surface area contributed by atoms with Crippen molar-refractivity contribution in [2.45, 2.75) is 55.8 Å². The molecular weight excluding hydrogens is 627 g/mol. The van der Waals surface area contributed by atoms with E-state index in [4.69, 9.17) is 0 Å². The predicted octanol–water partition coefficient (Wildman–Crippen LogP) is 3.76. The molecule has 5 rings (SSSR count). The van der Waals surface area contributed by atoms with Gasteiger partial charge in [-0.1, -0.05) is 42.5 Å². The van der Waals surface area contributed by atoms with Crippen molar-refractivity contribution in [1.29, 1.82) is 0 Å². The molecule has 11 nitrogen and oxygen atoms in total. The van der Waals surface area contributed by atoms with Gasteiger partial charge in [0, 0.05) is 47.7 Å². The highest BCUT2D eigenvalue weighted by Crippen LogP contribution is 2.23. The quantitative estimate of drug-likeness (QED) is 0.168. The first kappa shape index (κ1) is 33.3. The van der Waals surface area contributed by atoms with E-state index in [1.807, 2.05) is 36.7 Å². The number of sulfonamides is 1. The van der Waals surface area contributed by atoms with Crippen molar-refractivity contribution in [3.63, 3.8) is 0 Å². The average molecular weight is 666 g/mol. The van der Waals surface area contributed by atoms with Crippen molar-refractivity contribution in [1.82, 2.24) is 20.2 Å². The van der Waals surface area contributed by atoms with Gasteiger partial charge >= 0.3 is 0 Å². The molecule has 0 radical (unpaired) electrons. The van der Waals surface area contributed by atoms with Crippen LogP contribution in [-0.2, 0) is 26.4 Å². The third kappa shape index (κ3) is 8.81. The lowest BCUT2D eigenvalue weighted by atomic mass is 9.99. The average Bonchev–Trinajstić information content (AvgIpc) is 3.65. The van der Waals surface area contributed by atoms with Crippen LogP contribution in [0.5, 0.6) is 0 Å². The number of amides is 1. The monoisotopic (exact) mass is 665 g/mol. The van der Waals surface area contributed by atoms with Crippen LogP contribution in [0.4, 0.5) is 5.69 Å². The number of carbonyl (C=O) groups excluding carboxylic acids is 1. The normalized spacial score (nSPS) is 17.0. The summed E-state index contributed by atoms with van der Waals surface area (Å²) in [6.45, 7) is 5.04. The second kappa shape index (κ2) is 13.8. The number of aromatic nitrogens is 2. The number of β-amino-alcohol motifs (C(OH)–C–C–N with tert-alkyl or cyclic N) is 1. The first-order valence-electron chi connectivity index (χ1n) is 15.0. The maximum absolute atomic E-state index is 12.7. The van der Waals surface area contributed by atoms with Crippen LogP contribution >= 0.6 is 0 Å². The van der Waals surface area contributed by atoms with Gasteiger partial charge in [-0.15, -0.1) is 0 Å². The second-order valence-corrected chi connectivity index (χ2v) is 16.1. The molecule has 1 saturated heterocycles. The van der Waals surface area contributed by atoms with Crippen molar-refractivity contribution >= 4 is 31.5 Å². The molecule has 4 aromatic rings. The zero-order chi connectivity index (χ0) is 33.0. The van der Waals surface area contributed by atoms with Crippen LogP contribution in [-0.4, -0.2) is 67.0 Å². The van der Waals surface area contributed by atoms with Crippen molar-refractivity contribution in [3.05, 3.63) is 103 Å². The number of anilines is 1. The second-order valence-electron chi connectivity index (χ2n) is 12.2. The van der Waals surface area contributed by atoms with Crippen LogP contribution in [0.3, 0.4) is 0 Å². The number of aliphatic hydroxyl groups is 1. The van der Waals surface area contributed by atoms with Gasteiger partial charge in [-0.2, -0.15) is 0 Å². The molecule has 244 valence electrons. The molecule has 1 fully saturated rings. The van der Waals surface area contributed by atoms with Gasteiger partial charge in [0.2, 0.25) is 0 Å². The molecule has 13 heteroatoms. The summed E-state index contributed by atoms with van der Waals surface area (Å²) in [4.78, 5) is 17.2.